The number of likely N-dealkylation sites (tertiary alicyclic amines) is 1. The molecule has 0 bridgehead atoms. The highest BCUT2D eigenvalue weighted by atomic mass is 35.5. The van der Waals surface area contributed by atoms with E-state index >= 15 is 0 Å². The van der Waals surface area contributed by atoms with E-state index in [9.17, 15) is 4.79 Å². The van der Waals surface area contributed by atoms with Gasteiger partial charge >= 0.3 is 0 Å². The Hall–Kier alpha value is -2.90. The van der Waals surface area contributed by atoms with Gasteiger partial charge in [0.05, 0.1) is 17.3 Å². The van der Waals surface area contributed by atoms with E-state index in [-0.39, 0.29) is 5.91 Å². The molecular formula is C26H31ClN6O. The van der Waals surface area contributed by atoms with Gasteiger partial charge in [0, 0.05) is 29.7 Å². The zero-order chi connectivity index (χ0) is 24.0. The third-order valence-corrected chi connectivity index (χ3v) is 7.21. The first-order valence-electron chi connectivity index (χ1n) is 12.0. The molecule has 0 aliphatic carbocycles. The number of fused-ring (bicyclic) bond motifs is 2. The number of halogens is 1. The first-order chi connectivity index (χ1) is 16.3. The van der Waals surface area contributed by atoms with Gasteiger partial charge in [-0.3, -0.25) is 9.69 Å². The van der Waals surface area contributed by atoms with Gasteiger partial charge in [-0.05, 0) is 74.0 Å². The number of aryl methyl sites for hydroxylation is 1. The van der Waals surface area contributed by atoms with E-state index in [1.165, 1.54) is 16.5 Å². The predicted octanol–water partition coefficient (Wildman–Crippen LogP) is 4.89. The Kier molecular flexibility index (Phi) is 6.08. The number of hydrogen-bond donors (Lipinski definition) is 2. The molecule has 1 aliphatic rings. The maximum absolute atomic E-state index is 11.7. The lowest BCUT2D eigenvalue weighted by Crippen LogP contribution is -2.40. The van der Waals surface area contributed by atoms with Crippen LogP contribution in [0.25, 0.3) is 27.8 Å². The van der Waals surface area contributed by atoms with Crippen molar-refractivity contribution in [1.29, 1.82) is 0 Å². The van der Waals surface area contributed by atoms with Crippen molar-refractivity contribution in [3.8, 4) is 11.3 Å². The molecule has 4 heterocycles. The molecule has 0 atom stereocenters. The van der Waals surface area contributed by atoms with Crippen LogP contribution in [-0.4, -0.2) is 57.1 Å². The van der Waals surface area contributed by atoms with Crippen LogP contribution in [0.1, 0.15) is 55.5 Å². The van der Waals surface area contributed by atoms with E-state index in [0.717, 1.165) is 42.7 Å². The monoisotopic (exact) mass is 478 g/mol. The average Bonchev–Trinajstić information content (AvgIpc) is 3.39. The van der Waals surface area contributed by atoms with Gasteiger partial charge < -0.3 is 10.3 Å². The number of rotatable bonds is 5. The number of amides is 1. The molecule has 1 saturated heterocycles. The minimum absolute atomic E-state index is 0.0839. The molecule has 2 N–H and O–H groups in total. The zero-order valence-corrected chi connectivity index (χ0v) is 20.9. The van der Waals surface area contributed by atoms with Crippen LogP contribution in [0.2, 0.25) is 5.02 Å². The molecule has 34 heavy (non-hydrogen) atoms. The van der Waals surface area contributed by atoms with Crippen molar-refractivity contribution < 1.29 is 4.79 Å². The summed E-state index contributed by atoms with van der Waals surface area (Å²) < 4.78 is 1.76. The molecule has 0 radical (unpaired) electrons. The normalized spacial score (nSPS) is 15.6. The maximum Gasteiger partial charge on any atom is 0.233 e. The van der Waals surface area contributed by atoms with Crippen LogP contribution >= 0.6 is 11.6 Å². The Morgan fingerprint density at radius 1 is 1.26 bits per heavy atom. The van der Waals surface area contributed by atoms with E-state index in [0.29, 0.717) is 34.9 Å². The zero-order valence-electron chi connectivity index (χ0n) is 20.2. The number of nitrogens with zero attached hydrogens (tertiary/aromatic N) is 4. The van der Waals surface area contributed by atoms with Gasteiger partial charge in [0.2, 0.25) is 5.91 Å². The Labute approximate surface area is 204 Å². The minimum atomic E-state index is 0.0839. The summed E-state index contributed by atoms with van der Waals surface area (Å²) in [5.74, 6) is 1.62. The van der Waals surface area contributed by atoms with Crippen molar-refractivity contribution in [2.75, 3.05) is 26.7 Å². The first-order valence-corrected chi connectivity index (χ1v) is 12.3. The second-order valence-electron chi connectivity index (χ2n) is 9.60. The smallest absolute Gasteiger partial charge is 0.233 e. The molecule has 1 fully saturated rings. The fourth-order valence-corrected chi connectivity index (χ4v) is 5.45. The molecule has 1 aromatic carbocycles. The molecule has 5 rings (SSSR count). The molecule has 3 aromatic heterocycles. The number of nitrogens with one attached hydrogen (secondary N) is 2. The number of hydrogen-bond acceptors (Lipinski definition) is 4. The predicted molar refractivity (Wildman–Crippen MR) is 137 cm³/mol. The van der Waals surface area contributed by atoms with Gasteiger partial charge in [0.1, 0.15) is 5.82 Å². The number of aromatic nitrogens is 4. The van der Waals surface area contributed by atoms with Crippen LogP contribution in [0.4, 0.5) is 0 Å². The average molecular weight is 479 g/mol. The SMILES string of the molecule is CNC(=O)CN1CCC(c2ccc3[nH]c(-c4cc(Cl)c5nc(C)nn5c4)c(C(C)C)c3c2)CC1. The van der Waals surface area contributed by atoms with Gasteiger partial charge in [-0.15, -0.1) is 0 Å². The topological polar surface area (TPSA) is 78.3 Å². The lowest BCUT2D eigenvalue weighted by atomic mass is 9.87. The van der Waals surface area contributed by atoms with E-state index in [2.05, 4.69) is 57.3 Å². The van der Waals surface area contributed by atoms with Gasteiger partial charge in [0.25, 0.3) is 0 Å². The van der Waals surface area contributed by atoms with Crippen LogP contribution in [-0.2, 0) is 4.79 Å². The molecular weight excluding hydrogens is 448 g/mol. The molecule has 1 aliphatic heterocycles. The second-order valence-corrected chi connectivity index (χ2v) is 10.0. The lowest BCUT2D eigenvalue weighted by Gasteiger charge is -2.31. The third kappa shape index (κ3) is 4.18. The standard InChI is InChI=1S/C26H31ClN6O/c1-15(2)24-20-11-18(17-7-9-32(10-8-17)14-23(34)28-4)5-6-22(20)30-25(24)19-12-21(27)26-29-16(3)31-33(26)13-19/h5-6,11-13,15,17,30H,7-10,14H2,1-4H3,(H,28,34). The molecule has 8 heteroatoms. The number of carbonyl (C=O) groups is 1. The maximum atomic E-state index is 11.7. The molecule has 178 valence electrons. The number of pyridine rings is 1. The van der Waals surface area contributed by atoms with Crippen LogP contribution in [0.5, 0.6) is 0 Å². The summed E-state index contributed by atoms with van der Waals surface area (Å²) in [4.78, 5) is 22.0. The molecule has 1 amide bonds. The number of piperidine rings is 1. The molecule has 0 spiro atoms. The number of likely N-dealkylation sites (N-methyl/N-ethyl adjacent to an activating group) is 1. The molecule has 7 nitrogen and oxygen atoms in total. The minimum Gasteiger partial charge on any atom is -0.358 e. The van der Waals surface area contributed by atoms with Gasteiger partial charge in [0.15, 0.2) is 5.65 Å². The van der Waals surface area contributed by atoms with Crippen molar-refractivity contribution in [3.63, 3.8) is 0 Å². The van der Waals surface area contributed by atoms with Crippen LogP contribution in [0.15, 0.2) is 30.5 Å². The summed E-state index contributed by atoms with van der Waals surface area (Å²) in [6, 6.07) is 8.80. The summed E-state index contributed by atoms with van der Waals surface area (Å²) in [6.45, 7) is 8.71. The highest BCUT2D eigenvalue weighted by Gasteiger charge is 2.24. The second kappa shape index (κ2) is 9.04. The molecule has 4 aromatic rings. The largest absolute Gasteiger partial charge is 0.358 e. The van der Waals surface area contributed by atoms with Crippen molar-refractivity contribution >= 4 is 34.1 Å². The quantitative estimate of drug-likeness (QED) is 0.428. The summed E-state index contributed by atoms with van der Waals surface area (Å²) in [6.07, 6.45) is 4.13. The Bertz CT molecular complexity index is 1360. The molecule has 0 saturated carbocycles. The number of H-pyrrole nitrogens is 1. The lowest BCUT2D eigenvalue weighted by molar-refractivity contribution is -0.122. The summed E-state index contributed by atoms with van der Waals surface area (Å²) >= 11 is 6.57. The highest BCUT2D eigenvalue weighted by molar-refractivity contribution is 6.33. The summed E-state index contributed by atoms with van der Waals surface area (Å²) in [5.41, 5.74) is 6.56. The van der Waals surface area contributed by atoms with Crippen LogP contribution in [0, 0.1) is 6.92 Å². The van der Waals surface area contributed by atoms with Crippen molar-refractivity contribution in [2.45, 2.75) is 45.4 Å². The Morgan fingerprint density at radius 2 is 2.03 bits per heavy atom. The van der Waals surface area contributed by atoms with Crippen molar-refractivity contribution in [2.24, 2.45) is 0 Å². The van der Waals surface area contributed by atoms with E-state index in [1.807, 2.05) is 19.2 Å². The third-order valence-electron chi connectivity index (χ3n) is 6.93. The fraction of sp³-hybridized carbons (Fsp3) is 0.423. The fourth-order valence-electron chi connectivity index (χ4n) is 5.21. The van der Waals surface area contributed by atoms with Gasteiger partial charge in [-0.2, -0.15) is 5.10 Å². The Balaban J connectivity index is 1.49. The summed E-state index contributed by atoms with van der Waals surface area (Å²) in [5, 5.41) is 9.05. The van der Waals surface area contributed by atoms with E-state index in [1.54, 1.807) is 11.6 Å². The number of benzene rings is 1. The van der Waals surface area contributed by atoms with E-state index < -0.39 is 0 Å². The molecule has 0 unspecified atom stereocenters. The van der Waals surface area contributed by atoms with Crippen LogP contribution in [0.3, 0.4) is 0 Å². The van der Waals surface area contributed by atoms with Gasteiger partial charge in [-0.1, -0.05) is 31.5 Å². The first kappa shape index (κ1) is 22.9. The van der Waals surface area contributed by atoms with Crippen molar-refractivity contribution in [1.82, 2.24) is 29.8 Å². The Morgan fingerprint density at radius 3 is 2.74 bits per heavy atom. The van der Waals surface area contributed by atoms with Crippen molar-refractivity contribution in [3.05, 3.63) is 52.4 Å². The highest BCUT2D eigenvalue weighted by Crippen LogP contribution is 2.39. The van der Waals surface area contributed by atoms with Gasteiger partial charge in [-0.25, -0.2) is 9.50 Å². The van der Waals surface area contributed by atoms with Crippen LogP contribution < -0.4 is 5.32 Å². The van der Waals surface area contributed by atoms with E-state index in [4.69, 9.17) is 11.6 Å². The summed E-state index contributed by atoms with van der Waals surface area (Å²) in [7, 11) is 1.70. The number of carbonyl (C=O) groups excluding carboxylic acids is 1. The number of aromatic amines is 1.